The summed E-state index contributed by atoms with van der Waals surface area (Å²) in [5, 5.41) is 0. The van der Waals surface area contributed by atoms with Crippen molar-refractivity contribution in [2.75, 3.05) is 4.90 Å². The second kappa shape index (κ2) is 8.46. The first kappa shape index (κ1) is 22.2. The molecule has 0 atom stereocenters. The third kappa shape index (κ3) is 3.68. The second-order valence-electron chi connectivity index (χ2n) is 10.3. The molecule has 5 aromatic rings. The molecule has 0 saturated heterocycles. The van der Waals surface area contributed by atoms with E-state index in [0.29, 0.717) is 0 Å². The van der Waals surface area contributed by atoms with Gasteiger partial charge in [0.1, 0.15) is 0 Å². The lowest BCUT2D eigenvalue weighted by atomic mass is 9.72. The lowest BCUT2D eigenvalue weighted by Gasteiger charge is -2.42. The fraction of sp³-hybridized carbons (Fsp3) is 0.152. The van der Waals surface area contributed by atoms with Gasteiger partial charge in [0.25, 0.3) is 0 Å². The Morgan fingerprint density at radius 2 is 1.08 bits per heavy atom. The summed E-state index contributed by atoms with van der Waals surface area (Å²) in [5.74, 6) is 0. The molecule has 0 fully saturated rings. The second-order valence-corrected chi connectivity index (χ2v) is 10.3. The third-order valence-corrected chi connectivity index (χ3v) is 7.30. The Morgan fingerprint density at radius 3 is 1.53 bits per heavy atom. The van der Waals surface area contributed by atoms with E-state index in [9.17, 15) is 0 Å². The molecular weight excluding hydrogens is 438 g/mol. The molecule has 1 aliphatic heterocycles. The highest BCUT2D eigenvalue weighted by Crippen LogP contribution is 2.53. The van der Waals surface area contributed by atoms with Crippen molar-refractivity contribution in [1.82, 2.24) is 9.97 Å². The Labute approximate surface area is 213 Å². The van der Waals surface area contributed by atoms with Crippen LogP contribution in [0.15, 0.2) is 104 Å². The lowest BCUT2D eigenvalue weighted by Crippen LogP contribution is -2.31. The fourth-order valence-corrected chi connectivity index (χ4v) is 5.38. The summed E-state index contributed by atoms with van der Waals surface area (Å²) in [6.45, 7) is 9.04. The molecule has 3 heterocycles. The fourth-order valence-electron chi connectivity index (χ4n) is 5.38. The smallest absolute Gasteiger partial charge is 0.0502 e. The lowest BCUT2D eigenvalue weighted by molar-refractivity contribution is 0.630. The Balaban J connectivity index is 1.65. The predicted octanol–water partition coefficient (Wildman–Crippen LogP) is 8.54. The van der Waals surface area contributed by atoms with E-state index >= 15 is 0 Å². The van der Waals surface area contributed by atoms with Crippen LogP contribution in [0.1, 0.15) is 36.1 Å². The molecule has 0 N–H and O–H groups in total. The van der Waals surface area contributed by atoms with Gasteiger partial charge < -0.3 is 4.90 Å². The molecule has 6 rings (SSSR count). The summed E-state index contributed by atoms with van der Waals surface area (Å²) >= 11 is 0. The maximum atomic E-state index is 4.39. The van der Waals surface area contributed by atoms with E-state index in [2.05, 4.69) is 109 Å². The number of aromatic nitrogens is 2. The molecule has 176 valence electrons. The van der Waals surface area contributed by atoms with Gasteiger partial charge >= 0.3 is 0 Å². The number of hydrogen-bond acceptors (Lipinski definition) is 3. The number of hydrogen-bond donors (Lipinski definition) is 0. The van der Waals surface area contributed by atoms with E-state index in [4.69, 9.17) is 0 Å². The standard InChI is InChI=1S/C33H29N3/c1-22-9-11-31-29(15-22)33(3,4)30-16-23(2)10-12-32(30)36(31)28-18-26(24-7-5-13-34-20-24)17-27(19-28)25-8-6-14-35-21-25/h5-21H,1-4H3. The number of anilines is 3. The maximum Gasteiger partial charge on any atom is 0.0502 e. The van der Waals surface area contributed by atoms with Gasteiger partial charge in [0, 0.05) is 47.0 Å². The average Bonchev–Trinajstić information content (AvgIpc) is 2.90. The molecule has 0 radical (unpaired) electrons. The van der Waals surface area contributed by atoms with Crippen molar-refractivity contribution in [3.63, 3.8) is 0 Å². The summed E-state index contributed by atoms with van der Waals surface area (Å²) in [6.07, 6.45) is 7.50. The minimum Gasteiger partial charge on any atom is -0.310 e. The van der Waals surface area contributed by atoms with Gasteiger partial charge in [-0.15, -0.1) is 0 Å². The van der Waals surface area contributed by atoms with Gasteiger partial charge in [0.15, 0.2) is 0 Å². The Hall–Kier alpha value is -4.24. The summed E-state index contributed by atoms with van der Waals surface area (Å²) in [6, 6.07) is 28.7. The van der Waals surface area contributed by atoms with Crippen molar-refractivity contribution in [1.29, 1.82) is 0 Å². The van der Waals surface area contributed by atoms with Crippen molar-refractivity contribution < 1.29 is 0 Å². The SMILES string of the molecule is Cc1ccc2c(c1)C(C)(C)c1cc(C)ccc1N2c1cc(-c2cccnc2)cc(-c2cccnc2)c1. The van der Waals surface area contributed by atoms with Gasteiger partial charge in [0.05, 0.1) is 11.4 Å². The molecule has 0 bridgehead atoms. The Morgan fingerprint density at radius 1 is 0.583 bits per heavy atom. The first-order chi connectivity index (χ1) is 17.4. The third-order valence-electron chi connectivity index (χ3n) is 7.30. The van der Waals surface area contributed by atoms with Crippen LogP contribution in [-0.4, -0.2) is 9.97 Å². The van der Waals surface area contributed by atoms with E-state index in [0.717, 1.165) is 27.9 Å². The molecule has 3 nitrogen and oxygen atoms in total. The van der Waals surface area contributed by atoms with Gasteiger partial charge in [-0.3, -0.25) is 9.97 Å². The molecule has 0 unspecified atom stereocenters. The average molecular weight is 468 g/mol. The quantitative estimate of drug-likeness (QED) is 0.266. The molecule has 2 aromatic heterocycles. The summed E-state index contributed by atoms with van der Waals surface area (Å²) in [4.78, 5) is 11.2. The summed E-state index contributed by atoms with van der Waals surface area (Å²) < 4.78 is 0. The number of aryl methyl sites for hydroxylation is 2. The number of pyridine rings is 2. The van der Waals surface area contributed by atoms with Gasteiger partial charge in [-0.1, -0.05) is 61.4 Å². The van der Waals surface area contributed by atoms with Crippen LogP contribution in [0.3, 0.4) is 0 Å². The molecule has 0 amide bonds. The van der Waals surface area contributed by atoms with Gasteiger partial charge in [-0.25, -0.2) is 0 Å². The molecule has 3 heteroatoms. The highest BCUT2D eigenvalue weighted by molar-refractivity contribution is 5.89. The van der Waals surface area contributed by atoms with E-state index in [1.165, 1.54) is 33.6 Å². The molecule has 3 aromatic carbocycles. The molecule has 0 aliphatic carbocycles. The van der Waals surface area contributed by atoms with Crippen LogP contribution in [0.4, 0.5) is 17.1 Å². The maximum absolute atomic E-state index is 4.39. The van der Waals surface area contributed by atoms with Crippen molar-refractivity contribution >= 4 is 17.1 Å². The van der Waals surface area contributed by atoms with E-state index in [-0.39, 0.29) is 5.41 Å². The molecule has 0 spiro atoms. The zero-order valence-corrected chi connectivity index (χ0v) is 21.2. The summed E-state index contributed by atoms with van der Waals surface area (Å²) in [5.41, 5.74) is 13.2. The van der Waals surface area contributed by atoms with Crippen molar-refractivity contribution in [2.45, 2.75) is 33.1 Å². The minimum atomic E-state index is -0.105. The number of fused-ring (bicyclic) bond motifs is 2. The van der Waals surface area contributed by atoms with Gasteiger partial charge in [-0.05, 0) is 78.6 Å². The molecule has 36 heavy (non-hydrogen) atoms. The topological polar surface area (TPSA) is 29.0 Å². The van der Waals surface area contributed by atoms with Gasteiger partial charge in [0.2, 0.25) is 0 Å². The molecule has 0 saturated carbocycles. The number of rotatable bonds is 3. The number of benzene rings is 3. The van der Waals surface area contributed by atoms with Crippen molar-refractivity contribution in [3.05, 3.63) is 126 Å². The van der Waals surface area contributed by atoms with E-state index in [1.807, 2.05) is 36.9 Å². The number of nitrogens with zero attached hydrogens (tertiary/aromatic N) is 3. The van der Waals surface area contributed by atoms with Crippen LogP contribution < -0.4 is 4.90 Å². The summed E-state index contributed by atoms with van der Waals surface area (Å²) in [7, 11) is 0. The predicted molar refractivity (Wildman–Crippen MR) is 149 cm³/mol. The zero-order valence-electron chi connectivity index (χ0n) is 21.2. The minimum absolute atomic E-state index is 0.105. The first-order valence-corrected chi connectivity index (χ1v) is 12.4. The monoisotopic (exact) mass is 467 g/mol. The van der Waals surface area contributed by atoms with Crippen LogP contribution in [0, 0.1) is 13.8 Å². The van der Waals surface area contributed by atoms with E-state index < -0.39 is 0 Å². The largest absolute Gasteiger partial charge is 0.310 e. The van der Waals surface area contributed by atoms with Gasteiger partial charge in [-0.2, -0.15) is 0 Å². The molecule has 1 aliphatic rings. The van der Waals surface area contributed by atoms with Crippen molar-refractivity contribution in [2.24, 2.45) is 0 Å². The van der Waals surface area contributed by atoms with Crippen LogP contribution in [0.5, 0.6) is 0 Å². The van der Waals surface area contributed by atoms with Crippen molar-refractivity contribution in [3.8, 4) is 22.3 Å². The van der Waals surface area contributed by atoms with Crippen LogP contribution in [-0.2, 0) is 5.41 Å². The molecular formula is C33H29N3. The van der Waals surface area contributed by atoms with Crippen LogP contribution >= 0.6 is 0 Å². The van der Waals surface area contributed by atoms with E-state index in [1.54, 1.807) is 0 Å². The normalized spacial score (nSPS) is 13.7. The Bertz CT molecular complexity index is 1460. The highest BCUT2D eigenvalue weighted by atomic mass is 15.2. The van der Waals surface area contributed by atoms with Crippen LogP contribution in [0.2, 0.25) is 0 Å². The first-order valence-electron chi connectivity index (χ1n) is 12.4. The zero-order chi connectivity index (χ0) is 24.9. The Kier molecular flexibility index (Phi) is 5.22. The highest BCUT2D eigenvalue weighted by Gasteiger charge is 2.37. The van der Waals surface area contributed by atoms with Crippen LogP contribution in [0.25, 0.3) is 22.3 Å².